The van der Waals surface area contributed by atoms with Gasteiger partial charge in [-0.2, -0.15) is 0 Å². The first-order valence-electron chi connectivity index (χ1n) is 20.0. The minimum atomic E-state index is 1.07. The van der Waals surface area contributed by atoms with E-state index in [1.807, 2.05) is 18.2 Å². The molecule has 0 spiro atoms. The Morgan fingerprint density at radius 3 is 1.14 bits per heavy atom. The molecule has 0 aliphatic carbocycles. The maximum Gasteiger partial charge on any atom is -0.00923 e. The maximum absolute atomic E-state index is 4.14. The van der Waals surface area contributed by atoms with Gasteiger partial charge in [-0.3, -0.25) is 0 Å². The Morgan fingerprint density at radius 2 is 0.690 bits per heavy atom. The van der Waals surface area contributed by atoms with E-state index in [1.54, 1.807) is 0 Å². The van der Waals surface area contributed by atoms with Crippen LogP contribution >= 0.6 is 0 Å². The SMILES string of the molecule is C=C/C=C(\C=C)c1cc2c3ccccc3c(-c3ccc4cc(-c5cc6c7ccccc7c(-c7ccccc7)cc6c6ccccc56)ccc4c3)cc2c2ccccc12. The van der Waals surface area contributed by atoms with Crippen LogP contribution in [0.5, 0.6) is 0 Å². The maximum atomic E-state index is 4.14. The van der Waals surface area contributed by atoms with Gasteiger partial charge >= 0.3 is 0 Å². The summed E-state index contributed by atoms with van der Waals surface area (Å²) in [6, 6.07) is 69.6. The summed E-state index contributed by atoms with van der Waals surface area (Å²) >= 11 is 0. The molecular weight excluding hydrogens is 697 g/mol. The second-order valence-corrected chi connectivity index (χ2v) is 15.3. The highest BCUT2D eigenvalue weighted by molar-refractivity contribution is 6.25. The van der Waals surface area contributed by atoms with Crippen molar-refractivity contribution in [3.8, 4) is 33.4 Å². The van der Waals surface area contributed by atoms with Crippen LogP contribution in [0.15, 0.2) is 219 Å². The predicted octanol–water partition coefficient (Wildman–Crippen LogP) is 16.5. The molecule has 0 saturated carbocycles. The van der Waals surface area contributed by atoms with Crippen molar-refractivity contribution in [2.24, 2.45) is 0 Å². The Labute approximate surface area is 337 Å². The minimum absolute atomic E-state index is 1.07. The van der Waals surface area contributed by atoms with Gasteiger partial charge in [0.25, 0.3) is 0 Å². The molecule has 0 atom stereocenters. The zero-order valence-corrected chi connectivity index (χ0v) is 32.0. The van der Waals surface area contributed by atoms with Crippen molar-refractivity contribution in [3.05, 3.63) is 225 Å². The molecule has 11 aromatic carbocycles. The molecule has 0 bridgehead atoms. The van der Waals surface area contributed by atoms with Gasteiger partial charge in [0.1, 0.15) is 0 Å². The van der Waals surface area contributed by atoms with Gasteiger partial charge in [-0.15, -0.1) is 0 Å². The summed E-state index contributed by atoms with van der Waals surface area (Å²) in [5, 5.41) is 17.5. The van der Waals surface area contributed by atoms with Gasteiger partial charge in [0, 0.05) is 0 Å². The number of rotatable bonds is 6. The second-order valence-electron chi connectivity index (χ2n) is 15.3. The predicted molar refractivity (Wildman–Crippen MR) is 254 cm³/mol. The van der Waals surface area contributed by atoms with Crippen LogP contribution in [-0.4, -0.2) is 0 Å². The van der Waals surface area contributed by atoms with E-state index in [2.05, 4.69) is 201 Å². The van der Waals surface area contributed by atoms with Crippen molar-refractivity contribution < 1.29 is 0 Å². The van der Waals surface area contributed by atoms with E-state index in [4.69, 9.17) is 0 Å². The van der Waals surface area contributed by atoms with E-state index >= 15 is 0 Å². The van der Waals surface area contributed by atoms with Crippen LogP contribution in [-0.2, 0) is 0 Å². The summed E-state index contributed by atoms with van der Waals surface area (Å²) in [7, 11) is 0. The molecule has 0 aromatic heterocycles. The lowest BCUT2D eigenvalue weighted by atomic mass is 9.86. The van der Waals surface area contributed by atoms with Crippen LogP contribution < -0.4 is 0 Å². The molecule has 0 heterocycles. The summed E-state index contributed by atoms with van der Waals surface area (Å²) < 4.78 is 0. The summed E-state index contributed by atoms with van der Waals surface area (Å²) in [6.45, 7) is 8.11. The Balaban J connectivity index is 1.09. The largest absolute Gasteiger partial charge is 0.0990 e. The van der Waals surface area contributed by atoms with E-state index in [0.29, 0.717) is 0 Å². The fourth-order valence-corrected chi connectivity index (χ4v) is 9.45. The number of allylic oxidation sites excluding steroid dienone is 4. The third kappa shape index (κ3) is 5.30. The number of hydrogen-bond acceptors (Lipinski definition) is 0. The van der Waals surface area contributed by atoms with Crippen LogP contribution in [0, 0.1) is 0 Å². The fraction of sp³-hybridized carbons (Fsp3) is 0. The topological polar surface area (TPSA) is 0 Å². The Bertz CT molecular complexity index is 3530. The number of fused-ring (bicyclic) bond motifs is 11. The minimum Gasteiger partial charge on any atom is -0.0990 e. The first-order chi connectivity index (χ1) is 28.7. The van der Waals surface area contributed by atoms with E-state index in [9.17, 15) is 0 Å². The van der Waals surface area contributed by atoms with Crippen LogP contribution in [0.4, 0.5) is 0 Å². The van der Waals surface area contributed by atoms with Crippen LogP contribution in [0.1, 0.15) is 5.56 Å². The smallest absolute Gasteiger partial charge is 0.00923 e. The first-order valence-corrected chi connectivity index (χ1v) is 20.0. The molecule has 0 unspecified atom stereocenters. The average molecular weight is 735 g/mol. The van der Waals surface area contributed by atoms with Gasteiger partial charge in [0.15, 0.2) is 0 Å². The van der Waals surface area contributed by atoms with Gasteiger partial charge in [-0.1, -0.05) is 183 Å². The molecule has 0 nitrogen and oxygen atoms in total. The molecule has 0 amide bonds. The molecule has 270 valence electrons. The molecule has 0 heteroatoms. The molecule has 0 aliphatic heterocycles. The Kier molecular flexibility index (Phi) is 7.91. The lowest BCUT2D eigenvalue weighted by Crippen LogP contribution is -1.91. The van der Waals surface area contributed by atoms with Crippen molar-refractivity contribution in [1.82, 2.24) is 0 Å². The summed E-state index contributed by atoms with van der Waals surface area (Å²) in [5.41, 5.74) is 9.65. The molecule has 11 rings (SSSR count). The second kappa shape index (κ2) is 13.6. The molecule has 58 heavy (non-hydrogen) atoms. The van der Waals surface area contributed by atoms with Crippen molar-refractivity contribution in [2.45, 2.75) is 0 Å². The molecule has 0 saturated heterocycles. The highest BCUT2D eigenvalue weighted by atomic mass is 14.2. The van der Waals surface area contributed by atoms with Crippen LogP contribution in [0.2, 0.25) is 0 Å². The quantitative estimate of drug-likeness (QED) is 0.118. The standard InChI is InChI=1S/C58H38/c1-3-16-37(4-2)51-33-55-49-25-14-10-21-45(49)53(35-57(55)47-23-12-8-19-43(47)51)41-29-27-40-32-42(30-28-39(40)31-41)54-36-58-48-24-13-9-20-44(48)52(38-17-6-5-7-18-38)34-56(58)50-26-15-11-22-46(50)54/h3-36H,1-2H2/b37-16+. The molecular formula is C58H38. The summed E-state index contributed by atoms with van der Waals surface area (Å²) in [6.07, 6.45) is 5.81. The van der Waals surface area contributed by atoms with Crippen molar-refractivity contribution >= 4 is 81.0 Å². The molecule has 0 radical (unpaired) electrons. The third-order valence-electron chi connectivity index (χ3n) is 12.1. The highest BCUT2D eigenvalue weighted by Crippen LogP contribution is 2.44. The van der Waals surface area contributed by atoms with Crippen molar-refractivity contribution in [1.29, 1.82) is 0 Å². The van der Waals surface area contributed by atoms with Crippen molar-refractivity contribution in [2.75, 3.05) is 0 Å². The lowest BCUT2D eigenvalue weighted by molar-refractivity contribution is 1.66. The average Bonchev–Trinajstić information content (AvgIpc) is 3.29. The lowest BCUT2D eigenvalue weighted by Gasteiger charge is -2.17. The van der Waals surface area contributed by atoms with Crippen LogP contribution in [0.3, 0.4) is 0 Å². The van der Waals surface area contributed by atoms with E-state index < -0.39 is 0 Å². The molecule has 0 aliphatic rings. The zero-order valence-electron chi connectivity index (χ0n) is 32.0. The molecule has 11 aromatic rings. The van der Waals surface area contributed by atoms with E-state index in [0.717, 1.165) is 5.57 Å². The number of hydrogen-bond donors (Lipinski definition) is 0. The summed E-state index contributed by atoms with van der Waals surface area (Å²) in [4.78, 5) is 0. The first kappa shape index (κ1) is 33.8. The zero-order chi connectivity index (χ0) is 38.7. The Morgan fingerprint density at radius 1 is 0.310 bits per heavy atom. The van der Waals surface area contributed by atoms with Gasteiger partial charge in [0.2, 0.25) is 0 Å². The fourth-order valence-electron chi connectivity index (χ4n) is 9.45. The monoisotopic (exact) mass is 734 g/mol. The van der Waals surface area contributed by atoms with Crippen LogP contribution in [0.25, 0.3) is 114 Å². The highest BCUT2D eigenvalue weighted by Gasteiger charge is 2.17. The Hall–Kier alpha value is -7.54. The normalized spacial score (nSPS) is 12.0. The van der Waals surface area contributed by atoms with E-state index in [-0.39, 0.29) is 0 Å². The van der Waals surface area contributed by atoms with Gasteiger partial charge in [-0.25, -0.2) is 0 Å². The third-order valence-corrected chi connectivity index (χ3v) is 12.1. The van der Waals surface area contributed by atoms with Gasteiger partial charge < -0.3 is 0 Å². The van der Waals surface area contributed by atoms with Crippen molar-refractivity contribution in [3.63, 3.8) is 0 Å². The van der Waals surface area contributed by atoms with Gasteiger partial charge in [0.05, 0.1) is 0 Å². The number of benzene rings is 11. The van der Waals surface area contributed by atoms with E-state index in [1.165, 1.54) is 114 Å². The van der Waals surface area contributed by atoms with Gasteiger partial charge in [-0.05, 0) is 156 Å². The molecule has 0 N–H and O–H groups in total. The molecule has 0 fully saturated rings. The summed E-state index contributed by atoms with van der Waals surface area (Å²) in [5.74, 6) is 0.